The van der Waals surface area contributed by atoms with Crippen LogP contribution in [-0.4, -0.2) is 5.92 Å². The molecule has 2 saturated carbocycles. The van der Waals surface area contributed by atoms with Crippen molar-refractivity contribution in [2.45, 2.75) is 221 Å². The maximum atomic E-state index is 14.4. The van der Waals surface area contributed by atoms with Gasteiger partial charge in [0, 0.05) is 17.8 Å². The van der Waals surface area contributed by atoms with Crippen LogP contribution in [0.3, 0.4) is 0 Å². The van der Waals surface area contributed by atoms with Crippen molar-refractivity contribution in [3.05, 3.63) is 284 Å². The van der Waals surface area contributed by atoms with E-state index in [1.165, 1.54) is 99.3 Å². The summed E-state index contributed by atoms with van der Waals surface area (Å²) in [5.41, 5.74) is 21.5. The van der Waals surface area contributed by atoms with Crippen molar-refractivity contribution in [3.8, 4) is 0 Å². The van der Waals surface area contributed by atoms with E-state index in [1.807, 2.05) is 76.2 Å². The number of hydrogen-bond donors (Lipinski definition) is 0. The first-order valence-electron chi connectivity index (χ1n) is 35.1. The molecular formula is C87H110F2. The Kier molecular flexibility index (Phi) is 24.7. The molecule has 0 bridgehead atoms. The fourth-order valence-electron chi connectivity index (χ4n) is 16.1. The second-order valence-corrected chi connectivity index (χ2v) is 27.5. The van der Waals surface area contributed by atoms with Gasteiger partial charge >= 0.3 is 0 Å². The largest absolute Gasteiger partial charge is 0.263 e. The fraction of sp³-hybridized carbons (Fsp3) is 0.448. The summed E-state index contributed by atoms with van der Waals surface area (Å²) in [6, 6.07) is 71.6. The molecule has 0 amide bonds. The van der Waals surface area contributed by atoms with Gasteiger partial charge in [-0.2, -0.15) is 0 Å². The number of aryl methyl sites for hydroxylation is 5. The first kappa shape index (κ1) is 68.5. The molecule has 472 valence electrons. The van der Waals surface area contributed by atoms with E-state index in [2.05, 4.69) is 221 Å². The highest BCUT2D eigenvalue weighted by molar-refractivity contribution is 5.57. The molecule has 0 N–H and O–H groups in total. The van der Waals surface area contributed by atoms with Gasteiger partial charge in [-0.3, -0.25) is 0 Å². The maximum Gasteiger partial charge on any atom is 0.263 e. The summed E-state index contributed by atoms with van der Waals surface area (Å²) in [4.78, 5) is 0. The van der Waals surface area contributed by atoms with Crippen molar-refractivity contribution in [1.29, 1.82) is 0 Å². The fourth-order valence-corrected chi connectivity index (χ4v) is 16.1. The standard InChI is InChI=1S/C19H18F2.C19H22.C18H20.C14H20.C13H18.2C2H6/c1-11(2)16-12-7-3-5-9-14(12)17-18(19(17,20)21)15-10-6-4-8-13(15)16;1-14(2)19-17-12-5-3-8-15(17)10-7-11-16-9-4-6-13-18(16)19;1-13(2)18-16-9-5-3-7-14(16)11-12-15-8-4-6-10-17(15)18;1-11(2)13-9-5-3-7-12-8-4-6-10-14(12)13;1-11(2)13(9-6-10-13)12-7-4-3-5-8-12;2*1-2/h3-11,16-18H,1-2H3;3-6,8-9,12-14,19H,7,10-11H2,1-2H3;3-10,13,18H,11-12H2,1-2H3;4,6,8,10-11,13H,3,5,7,9H2,1-2H3;3-5,7-8,11H,6,9-10H2,1-2H3;2*1-2H3. The van der Waals surface area contributed by atoms with Crippen LogP contribution in [0.1, 0.15) is 261 Å². The molecule has 2 heteroatoms. The van der Waals surface area contributed by atoms with Gasteiger partial charge < -0.3 is 0 Å². The van der Waals surface area contributed by atoms with Crippen molar-refractivity contribution < 1.29 is 8.78 Å². The predicted octanol–water partition coefficient (Wildman–Crippen LogP) is 24.8. The van der Waals surface area contributed by atoms with Gasteiger partial charge in [0.05, 0.1) is 11.8 Å². The molecule has 0 radical (unpaired) electrons. The first-order chi connectivity index (χ1) is 43.1. The van der Waals surface area contributed by atoms with Crippen molar-refractivity contribution in [1.82, 2.24) is 0 Å². The number of rotatable bonds is 6. The van der Waals surface area contributed by atoms with Crippen molar-refractivity contribution >= 4 is 0 Å². The summed E-state index contributed by atoms with van der Waals surface area (Å²) in [7, 11) is 0. The Bertz CT molecular complexity index is 3270. The summed E-state index contributed by atoms with van der Waals surface area (Å²) in [5.74, 6) is 1.47. The topological polar surface area (TPSA) is 0 Å². The highest BCUT2D eigenvalue weighted by atomic mass is 19.3. The maximum absolute atomic E-state index is 14.4. The Balaban J connectivity index is 0.000000143. The Morgan fingerprint density at radius 3 is 0.955 bits per heavy atom. The van der Waals surface area contributed by atoms with E-state index in [0.29, 0.717) is 35.0 Å². The Morgan fingerprint density at radius 1 is 0.303 bits per heavy atom. The molecule has 89 heavy (non-hydrogen) atoms. The number of hydrogen-bond acceptors (Lipinski definition) is 0. The quantitative estimate of drug-likeness (QED) is 0.146. The minimum absolute atomic E-state index is 0.209. The number of alkyl halides is 2. The minimum atomic E-state index is -2.60. The number of benzene rings is 8. The van der Waals surface area contributed by atoms with E-state index in [4.69, 9.17) is 0 Å². The molecule has 8 aromatic carbocycles. The monoisotopic (exact) mass is 1190 g/mol. The Morgan fingerprint density at radius 2 is 0.607 bits per heavy atom. The Labute approximate surface area is 539 Å². The molecule has 0 aliphatic heterocycles. The molecule has 0 saturated heterocycles. The third kappa shape index (κ3) is 15.5. The molecule has 3 atom stereocenters. The zero-order chi connectivity index (χ0) is 63.8. The highest BCUT2D eigenvalue weighted by Gasteiger charge is 2.71. The second kappa shape index (κ2) is 32.1. The molecule has 3 unspecified atom stereocenters. The van der Waals surface area contributed by atoms with Crippen LogP contribution in [0.2, 0.25) is 0 Å². The van der Waals surface area contributed by atoms with Crippen LogP contribution in [0.4, 0.5) is 8.78 Å². The van der Waals surface area contributed by atoms with E-state index in [0.717, 1.165) is 40.0 Å². The summed E-state index contributed by atoms with van der Waals surface area (Å²) < 4.78 is 28.7. The lowest BCUT2D eigenvalue weighted by molar-refractivity contribution is 0.104. The van der Waals surface area contributed by atoms with Gasteiger partial charge in [0.25, 0.3) is 5.92 Å². The normalized spacial score (nSPS) is 19.5. The van der Waals surface area contributed by atoms with Gasteiger partial charge in [-0.1, -0.05) is 310 Å². The molecule has 0 heterocycles. The van der Waals surface area contributed by atoms with Gasteiger partial charge in [-0.05, 0) is 189 Å². The van der Waals surface area contributed by atoms with Crippen LogP contribution in [0, 0.1) is 29.6 Å². The van der Waals surface area contributed by atoms with Gasteiger partial charge in [-0.25, -0.2) is 8.78 Å². The highest BCUT2D eigenvalue weighted by Crippen LogP contribution is 2.70. The lowest BCUT2D eigenvalue weighted by Gasteiger charge is -2.46. The zero-order valence-corrected chi connectivity index (χ0v) is 57.1. The first-order valence-corrected chi connectivity index (χ1v) is 35.1. The van der Waals surface area contributed by atoms with Crippen molar-refractivity contribution in [3.63, 3.8) is 0 Å². The molecule has 6 aliphatic carbocycles. The number of fused-ring (bicyclic) bond motifs is 10. The molecule has 0 aromatic heterocycles. The SMILES string of the molecule is CC.CC.CC(C)C1(c2ccccc2)CCC1.CC(C)C1CCCCc2ccccc21.CC(C)C1c2ccccc2C2C(c3ccccc31)C2(F)F.CC(C)C1c2ccccc2CCCc2ccccc21.CC(C)C1c2ccccc2CCc2ccccc21. The summed E-state index contributed by atoms with van der Waals surface area (Å²) >= 11 is 0. The summed E-state index contributed by atoms with van der Waals surface area (Å²) in [5, 5.41) is 0. The van der Waals surface area contributed by atoms with E-state index < -0.39 is 17.8 Å². The molecule has 14 rings (SSSR count). The van der Waals surface area contributed by atoms with Crippen LogP contribution in [0.15, 0.2) is 200 Å². The number of halogens is 2. The van der Waals surface area contributed by atoms with E-state index >= 15 is 0 Å². The van der Waals surface area contributed by atoms with E-state index in [-0.39, 0.29) is 5.92 Å². The van der Waals surface area contributed by atoms with Crippen LogP contribution in [0.5, 0.6) is 0 Å². The average Bonchev–Trinajstić information content (AvgIpc) is 1.54. The van der Waals surface area contributed by atoms with Gasteiger partial charge in [-0.15, -0.1) is 0 Å². The van der Waals surface area contributed by atoms with Crippen molar-refractivity contribution in [2.24, 2.45) is 29.6 Å². The summed E-state index contributed by atoms with van der Waals surface area (Å²) in [6.45, 7) is 31.1. The smallest absolute Gasteiger partial charge is 0.205 e. The average molecular weight is 1190 g/mol. The van der Waals surface area contributed by atoms with Crippen LogP contribution in [-0.2, 0) is 37.5 Å². The van der Waals surface area contributed by atoms with E-state index in [9.17, 15) is 8.78 Å². The predicted molar refractivity (Wildman–Crippen MR) is 380 cm³/mol. The van der Waals surface area contributed by atoms with Crippen molar-refractivity contribution in [2.75, 3.05) is 0 Å². The molecule has 6 aliphatic rings. The lowest BCUT2D eigenvalue weighted by atomic mass is 9.58. The third-order valence-electron chi connectivity index (χ3n) is 20.7. The van der Waals surface area contributed by atoms with Crippen LogP contribution in [0.25, 0.3) is 0 Å². The van der Waals surface area contributed by atoms with E-state index in [1.54, 1.807) is 38.9 Å². The Hall–Kier alpha value is -6.38. The van der Waals surface area contributed by atoms with Gasteiger partial charge in [0.15, 0.2) is 0 Å². The van der Waals surface area contributed by atoms with Gasteiger partial charge in [0.1, 0.15) is 0 Å². The molecular weight excluding hydrogens is 1080 g/mol. The molecule has 8 aromatic rings. The third-order valence-corrected chi connectivity index (χ3v) is 20.7. The lowest BCUT2D eigenvalue weighted by Crippen LogP contribution is -2.39. The van der Waals surface area contributed by atoms with Crippen LogP contribution < -0.4 is 0 Å². The molecule has 0 nitrogen and oxygen atoms in total. The zero-order valence-electron chi connectivity index (χ0n) is 57.1. The second-order valence-electron chi connectivity index (χ2n) is 27.5. The molecule has 0 spiro atoms. The summed E-state index contributed by atoms with van der Waals surface area (Å²) in [6.07, 6.45) is 15.7. The van der Waals surface area contributed by atoms with Crippen LogP contribution >= 0.6 is 0 Å². The minimum Gasteiger partial charge on any atom is -0.205 e. The van der Waals surface area contributed by atoms with Gasteiger partial charge in [0.2, 0.25) is 0 Å². The molecule has 2 fully saturated rings.